The van der Waals surface area contributed by atoms with E-state index in [0.717, 1.165) is 25.2 Å². The summed E-state index contributed by atoms with van der Waals surface area (Å²) in [7, 11) is -3.59. The lowest BCUT2D eigenvalue weighted by Gasteiger charge is -2.36. The van der Waals surface area contributed by atoms with E-state index in [4.69, 9.17) is 4.74 Å². The predicted octanol–water partition coefficient (Wildman–Crippen LogP) is 1.45. The van der Waals surface area contributed by atoms with Gasteiger partial charge in [0.1, 0.15) is 0 Å². The first kappa shape index (κ1) is 20.3. The summed E-state index contributed by atoms with van der Waals surface area (Å²) in [4.78, 5) is 16.1. The van der Waals surface area contributed by atoms with Crippen LogP contribution in [0.3, 0.4) is 0 Å². The molecule has 1 N–H and O–H groups in total. The van der Waals surface area contributed by atoms with E-state index in [0.29, 0.717) is 38.6 Å². The molecular weight excluding hydrogens is 366 g/mol. The Labute approximate surface area is 161 Å². The summed E-state index contributed by atoms with van der Waals surface area (Å²) < 4.78 is 33.6. The molecule has 2 aliphatic rings. The summed E-state index contributed by atoms with van der Waals surface area (Å²) in [5, 5.41) is 0. The Morgan fingerprint density at radius 2 is 1.78 bits per heavy atom. The van der Waals surface area contributed by atoms with Crippen LogP contribution in [0.2, 0.25) is 0 Å². The number of anilines is 1. The molecule has 1 unspecified atom stereocenters. The molecule has 1 atom stereocenters. The van der Waals surface area contributed by atoms with Gasteiger partial charge in [-0.1, -0.05) is 13.8 Å². The summed E-state index contributed by atoms with van der Waals surface area (Å²) in [6.07, 6.45) is 1.40. The van der Waals surface area contributed by atoms with E-state index in [9.17, 15) is 13.2 Å². The van der Waals surface area contributed by atoms with E-state index < -0.39 is 10.0 Å². The Morgan fingerprint density at radius 1 is 1.11 bits per heavy atom. The van der Waals surface area contributed by atoms with E-state index in [2.05, 4.69) is 23.5 Å². The molecule has 2 saturated heterocycles. The second-order valence-electron chi connectivity index (χ2n) is 7.45. The molecule has 1 aromatic carbocycles. The van der Waals surface area contributed by atoms with Crippen LogP contribution in [0.15, 0.2) is 29.2 Å². The van der Waals surface area contributed by atoms with E-state index in [1.165, 1.54) is 0 Å². The van der Waals surface area contributed by atoms with Crippen LogP contribution in [0.5, 0.6) is 0 Å². The Balaban J connectivity index is 1.65. The Bertz CT molecular complexity index is 743. The number of rotatable bonds is 7. The van der Waals surface area contributed by atoms with Gasteiger partial charge in [0.15, 0.2) is 0 Å². The third kappa shape index (κ3) is 4.87. The quantitative estimate of drug-likeness (QED) is 0.756. The molecule has 0 saturated carbocycles. The van der Waals surface area contributed by atoms with Gasteiger partial charge in [0.2, 0.25) is 15.9 Å². The second-order valence-corrected chi connectivity index (χ2v) is 9.22. The number of amides is 1. The van der Waals surface area contributed by atoms with Crippen molar-refractivity contribution in [2.75, 3.05) is 44.3 Å². The Morgan fingerprint density at radius 3 is 2.33 bits per heavy atom. The average molecular weight is 396 g/mol. The molecule has 2 fully saturated rings. The number of hydrogen-bond donors (Lipinski definition) is 1. The van der Waals surface area contributed by atoms with Crippen molar-refractivity contribution in [2.45, 2.75) is 37.6 Å². The highest BCUT2D eigenvalue weighted by Gasteiger charge is 2.26. The second kappa shape index (κ2) is 8.68. The molecule has 8 heteroatoms. The van der Waals surface area contributed by atoms with Crippen LogP contribution >= 0.6 is 0 Å². The minimum atomic E-state index is -3.59. The number of benzene rings is 1. The molecular formula is C19H29N3O4S. The zero-order chi connectivity index (χ0) is 19.4. The molecule has 0 bridgehead atoms. The molecule has 1 aromatic rings. The molecule has 3 rings (SSSR count). The highest BCUT2D eigenvalue weighted by atomic mass is 32.2. The van der Waals surface area contributed by atoms with Crippen LogP contribution in [0.1, 0.15) is 26.7 Å². The number of ether oxygens (including phenoxy) is 1. The summed E-state index contributed by atoms with van der Waals surface area (Å²) in [5.41, 5.74) is 0.754. The monoisotopic (exact) mass is 395 g/mol. The molecule has 1 amide bonds. The number of morpholine rings is 1. The van der Waals surface area contributed by atoms with Crippen molar-refractivity contribution in [1.82, 2.24) is 9.62 Å². The summed E-state index contributed by atoms with van der Waals surface area (Å²) in [5.74, 6) is 0.420. The normalized spacial score (nSPS) is 20.4. The van der Waals surface area contributed by atoms with Crippen molar-refractivity contribution in [3.05, 3.63) is 24.3 Å². The lowest BCUT2D eigenvalue weighted by Crippen LogP contribution is -2.51. The van der Waals surface area contributed by atoms with Gasteiger partial charge in [-0.15, -0.1) is 0 Å². The fraction of sp³-hybridized carbons (Fsp3) is 0.632. The van der Waals surface area contributed by atoms with Crippen molar-refractivity contribution < 1.29 is 17.9 Å². The first-order chi connectivity index (χ1) is 12.9. The number of hydrogen-bond acceptors (Lipinski definition) is 5. The molecule has 0 spiro atoms. The van der Waals surface area contributed by atoms with Crippen molar-refractivity contribution in [3.8, 4) is 0 Å². The highest BCUT2D eigenvalue weighted by molar-refractivity contribution is 7.89. The SMILES string of the molecule is CC(C)C(CNS(=O)(=O)c1ccc(N2CCCC2=O)cc1)N1CCOCC1. The van der Waals surface area contributed by atoms with E-state index >= 15 is 0 Å². The van der Waals surface area contributed by atoms with E-state index in [1.807, 2.05) is 0 Å². The lowest BCUT2D eigenvalue weighted by atomic mass is 10.0. The van der Waals surface area contributed by atoms with Crippen LogP contribution in [-0.2, 0) is 19.6 Å². The minimum Gasteiger partial charge on any atom is -0.379 e. The maximum atomic E-state index is 12.7. The first-order valence-electron chi connectivity index (χ1n) is 9.60. The summed E-state index contributed by atoms with van der Waals surface area (Å²) >= 11 is 0. The fourth-order valence-electron chi connectivity index (χ4n) is 3.70. The smallest absolute Gasteiger partial charge is 0.240 e. The number of carbonyl (C=O) groups excluding carboxylic acids is 1. The first-order valence-corrected chi connectivity index (χ1v) is 11.1. The lowest BCUT2D eigenvalue weighted by molar-refractivity contribution is -0.117. The number of nitrogens with zero attached hydrogens (tertiary/aromatic N) is 2. The van der Waals surface area contributed by atoms with Crippen LogP contribution in [0.25, 0.3) is 0 Å². The van der Waals surface area contributed by atoms with Gasteiger partial charge in [-0.2, -0.15) is 0 Å². The van der Waals surface area contributed by atoms with Crippen LogP contribution < -0.4 is 9.62 Å². The van der Waals surface area contributed by atoms with Crippen molar-refractivity contribution >= 4 is 21.6 Å². The average Bonchev–Trinajstić information content (AvgIpc) is 3.08. The zero-order valence-electron chi connectivity index (χ0n) is 16.1. The maximum absolute atomic E-state index is 12.7. The largest absolute Gasteiger partial charge is 0.379 e. The summed E-state index contributed by atoms with van der Waals surface area (Å²) in [6, 6.07) is 6.69. The van der Waals surface area contributed by atoms with Gasteiger partial charge < -0.3 is 9.64 Å². The third-order valence-corrected chi connectivity index (χ3v) is 6.74. The summed E-state index contributed by atoms with van der Waals surface area (Å²) in [6.45, 7) is 8.29. The Kier molecular flexibility index (Phi) is 6.52. The molecule has 2 aliphatic heterocycles. The van der Waals surface area contributed by atoms with Gasteiger partial charge in [0, 0.05) is 44.3 Å². The van der Waals surface area contributed by atoms with Gasteiger partial charge in [0.05, 0.1) is 18.1 Å². The van der Waals surface area contributed by atoms with Crippen molar-refractivity contribution in [3.63, 3.8) is 0 Å². The molecule has 0 aliphatic carbocycles. The molecule has 0 aromatic heterocycles. The predicted molar refractivity (Wildman–Crippen MR) is 104 cm³/mol. The van der Waals surface area contributed by atoms with Gasteiger partial charge >= 0.3 is 0 Å². The molecule has 27 heavy (non-hydrogen) atoms. The van der Waals surface area contributed by atoms with E-state index in [1.54, 1.807) is 29.2 Å². The number of carbonyl (C=O) groups is 1. The minimum absolute atomic E-state index is 0.0917. The number of nitrogens with one attached hydrogen (secondary N) is 1. The van der Waals surface area contributed by atoms with Gasteiger partial charge in [-0.3, -0.25) is 9.69 Å². The van der Waals surface area contributed by atoms with Gasteiger partial charge in [0.25, 0.3) is 0 Å². The fourth-order valence-corrected chi connectivity index (χ4v) is 4.75. The van der Waals surface area contributed by atoms with Crippen LogP contribution in [0, 0.1) is 5.92 Å². The topological polar surface area (TPSA) is 79.0 Å². The van der Waals surface area contributed by atoms with E-state index in [-0.39, 0.29) is 16.8 Å². The molecule has 2 heterocycles. The molecule has 7 nitrogen and oxygen atoms in total. The van der Waals surface area contributed by atoms with Crippen molar-refractivity contribution in [1.29, 1.82) is 0 Å². The maximum Gasteiger partial charge on any atom is 0.240 e. The standard InChI is InChI=1S/C19H29N3O4S/c1-15(2)18(21-10-12-26-13-11-21)14-20-27(24,25)17-7-5-16(6-8-17)22-9-3-4-19(22)23/h5-8,15,18,20H,3-4,9-14H2,1-2H3. The van der Waals surface area contributed by atoms with Crippen molar-refractivity contribution in [2.24, 2.45) is 5.92 Å². The van der Waals surface area contributed by atoms with Crippen LogP contribution in [-0.4, -0.2) is 64.7 Å². The van der Waals surface area contributed by atoms with Gasteiger partial charge in [-0.05, 0) is 36.6 Å². The molecule has 150 valence electrons. The Hall–Kier alpha value is -1.48. The zero-order valence-corrected chi connectivity index (χ0v) is 16.9. The van der Waals surface area contributed by atoms with Gasteiger partial charge in [-0.25, -0.2) is 13.1 Å². The molecule has 0 radical (unpaired) electrons. The van der Waals surface area contributed by atoms with Crippen LogP contribution in [0.4, 0.5) is 5.69 Å². The third-order valence-electron chi connectivity index (χ3n) is 5.30. The highest BCUT2D eigenvalue weighted by Crippen LogP contribution is 2.23. The number of sulfonamides is 1.